The van der Waals surface area contributed by atoms with Crippen molar-refractivity contribution in [3.63, 3.8) is 0 Å². The first-order valence-electron chi connectivity index (χ1n) is 8.12. The van der Waals surface area contributed by atoms with Gasteiger partial charge < -0.3 is 4.57 Å². The predicted molar refractivity (Wildman–Crippen MR) is 103 cm³/mol. The van der Waals surface area contributed by atoms with E-state index in [-0.39, 0.29) is 17.2 Å². The molecule has 0 saturated carbocycles. The van der Waals surface area contributed by atoms with Gasteiger partial charge in [-0.1, -0.05) is 30.0 Å². The molecular weight excluding hydrogens is 367 g/mol. The Hall–Kier alpha value is -3.13. The van der Waals surface area contributed by atoms with Crippen molar-refractivity contribution < 1.29 is 14.0 Å². The van der Waals surface area contributed by atoms with Crippen molar-refractivity contribution in [3.05, 3.63) is 72.6 Å². The summed E-state index contributed by atoms with van der Waals surface area (Å²) in [7, 11) is 0. The Bertz CT molecular complexity index is 985. The Balaban J connectivity index is 1.58. The molecule has 138 valence electrons. The smallest absolute Gasteiger partial charge is 0.269 e. The zero-order chi connectivity index (χ0) is 19.2. The van der Waals surface area contributed by atoms with E-state index in [2.05, 4.69) is 22.4 Å². The Morgan fingerprint density at radius 2 is 1.89 bits per heavy atom. The Morgan fingerprint density at radius 3 is 2.63 bits per heavy atom. The number of hydrogen-bond acceptors (Lipinski definition) is 4. The van der Waals surface area contributed by atoms with Gasteiger partial charge in [0.05, 0.1) is 16.8 Å². The van der Waals surface area contributed by atoms with Gasteiger partial charge in [-0.15, -0.1) is 6.58 Å². The standard InChI is InChI=1S/C19H17FN4O2S/c1-2-11-24-16-6-4-3-5-15(16)21-19(24)27-12-17(25)22-23-18(26)13-7-9-14(20)10-8-13/h2-10H,1,11-12H2,(H,22,25)(H,23,26). The molecule has 6 nitrogen and oxygen atoms in total. The van der Waals surface area contributed by atoms with E-state index in [1.807, 2.05) is 28.8 Å². The van der Waals surface area contributed by atoms with Gasteiger partial charge in [-0.2, -0.15) is 0 Å². The zero-order valence-electron chi connectivity index (χ0n) is 14.3. The van der Waals surface area contributed by atoms with Crippen LogP contribution in [-0.4, -0.2) is 27.1 Å². The van der Waals surface area contributed by atoms with Crippen LogP contribution in [0.25, 0.3) is 11.0 Å². The third-order valence-electron chi connectivity index (χ3n) is 3.69. The first kappa shape index (κ1) is 18.7. The summed E-state index contributed by atoms with van der Waals surface area (Å²) in [5, 5.41) is 0.691. The number of rotatable bonds is 6. The van der Waals surface area contributed by atoms with E-state index in [4.69, 9.17) is 0 Å². The normalized spacial score (nSPS) is 10.6. The van der Waals surface area contributed by atoms with Crippen LogP contribution in [0.5, 0.6) is 0 Å². The highest BCUT2D eigenvalue weighted by atomic mass is 32.2. The maximum Gasteiger partial charge on any atom is 0.269 e. The van der Waals surface area contributed by atoms with E-state index in [1.165, 1.54) is 36.0 Å². The van der Waals surface area contributed by atoms with E-state index in [9.17, 15) is 14.0 Å². The molecule has 0 bridgehead atoms. The molecule has 8 heteroatoms. The summed E-state index contributed by atoms with van der Waals surface area (Å²) in [5.41, 5.74) is 6.69. The molecular formula is C19H17FN4O2S. The van der Waals surface area contributed by atoms with Crippen LogP contribution in [0.15, 0.2) is 66.3 Å². The molecule has 0 aliphatic rings. The lowest BCUT2D eigenvalue weighted by molar-refractivity contribution is -0.119. The average molecular weight is 384 g/mol. The highest BCUT2D eigenvalue weighted by molar-refractivity contribution is 7.99. The molecule has 2 N–H and O–H groups in total. The number of nitrogens with zero attached hydrogens (tertiary/aromatic N) is 2. The van der Waals surface area contributed by atoms with E-state index < -0.39 is 11.7 Å². The van der Waals surface area contributed by atoms with Crippen molar-refractivity contribution in [1.29, 1.82) is 0 Å². The van der Waals surface area contributed by atoms with Crippen LogP contribution >= 0.6 is 11.8 Å². The van der Waals surface area contributed by atoms with Crippen LogP contribution in [0.4, 0.5) is 4.39 Å². The van der Waals surface area contributed by atoms with Crippen molar-refractivity contribution in [2.75, 3.05) is 5.75 Å². The second-order valence-corrected chi connectivity index (χ2v) is 6.52. The lowest BCUT2D eigenvalue weighted by atomic mass is 10.2. The number of allylic oxidation sites excluding steroid dienone is 1. The topological polar surface area (TPSA) is 76.0 Å². The molecule has 1 heterocycles. The fraction of sp³-hybridized carbons (Fsp3) is 0.105. The number of amides is 2. The van der Waals surface area contributed by atoms with Gasteiger partial charge >= 0.3 is 0 Å². The molecule has 0 atom stereocenters. The van der Waals surface area contributed by atoms with Crippen molar-refractivity contribution in [1.82, 2.24) is 20.4 Å². The second-order valence-electron chi connectivity index (χ2n) is 5.58. The molecule has 2 amide bonds. The Labute approximate surface area is 159 Å². The highest BCUT2D eigenvalue weighted by Gasteiger charge is 2.13. The summed E-state index contributed by atoms with van der Waals surface area (Å²) < 4.78 is 14.8. The van der Waals surface area contributed by atoms with Gasteiger partial charge in [0.25, 0.3) is 5.91 Å². The predicted octanol–water partition coefficient (Wildman–Crippen LogP) is 2.91. The van der Waals surface area contributed by atoms with Crippen LogP contribution in [-0.2, 0) is 11.3 Å². The first-order valence-corrected chi connectivity index (χ1v) is 9.11. The number of carbonyl (C=O) groups is 2. The number of halogens is 1. The van der Waals surface area contributed by atoms with Gasteiger partial charge in [-0.3, -0.25) is 20.4 Å². The quantitative estimate of drug-likeness (QED) is 0.389. The minimum absolute atomic E-state index is 0.0736. The minimum Gasteiger partial charge on any atom is -0.315 e. The summed E-state index contributed by atoms with van der Waals surface area (Å²) in [6.07, 6.45) is 1.77. The highest BCUT2D eigenvalue weighted by Crippen LogP contribution is 2.23. The minimum atomic E-state index is -0.521. The lowest BCUT2D eigenvalue weighted by Gasteiger charge is -2.08. The number of benzene rings is 2. The number of para-hydroxylation sites is 2. The van der Waals surface area contributed by atoms with E-state index in [1.54, 1.807) is 6.08 Å². The molecule has 27 heavy (non-hydrogen) atoms. The van der Waals surface area contributed by atoms with Gasteiger partial charge in [0.1, 0.15) is 5.82 Å². The van der Waals surface area contributed by atoms with E-state index in [0.29, 0.717) is 11.7 Å². The maximum atomic E-state index is 12.9. The van der Waals surface area contributed by atoms with Gasteiger partial charge in [0, 0.05) is 12.1 Å². The third-order valence-corrected chi connectivity index (χ3v) is 4.66. The van der Waals surface area contributed by atoms with Crippen LogP contribution in [0.2, 0.25) is 0 Å². The third kappa shape index (κ3) is 4.53. The largest absolute Gasteiger partial charge is 0.315 e. The van der Waals surface area contributed by atoms with Crippen molar-refractivity contribution >= 4 is 34.6 Å². The average Bonchev–Trinajstić information content (AvgIpc) is 3.03. The van der Waals surface area contributed by atoms with Crippen molar-refractivity contribution in [3.8, 4) is 0 Å². The van der Waals surface area contributed by atoms with Gasteiger partial charge in [-0.05, 0) is 36.4 Å². The number of fused-ring (bicyclic) bond motifs is 1. The fourth-order valence-electron chi connectivity index (χ4n) is 2.44. The number of hydrogen-bond donors (Lipinski definition) is 2. The van der Waals surface area contributed by atoms with Crippen LogP contribution in [0.1, 0.15) is 10.4 Å². The zero-order valence-corrected chi connectivity index (χ0v) is 15.1. The maximum absolute atomic E-state index is 12.9. The fourth-order valence-corrected chi connectivity index (χ4v) is 3.26. The SMILES string of the molecule is C=CCn1c(SCC(=O)NNC(=O)c2ccc(F)cc2)nc2ccccc21. The molecule has 0 aliphatic carbocycles. The van der Waals surface area contributed by atoms with Crippen LogP contribution in [0.3, 0.4) is 0 Å². The number of hydrazine groups is 1. The molecule has 3 rings (SSSR count). The molecule has 0 spiro atoms. The summed E-state index contributed by atoms with van der Waals surface area (Å²) in [4.78, 5) is 28.5. The molecule has 0 saturated heterocycles. The molecule has 3 aromatic rings. The number of aromatic nitrogens is 2. The van der Waals surface area contributed by atoms with Crippen molar-refractivity contribution in [2.24, 2.45) is 0 Å². The molecule has 0 aliphatic heterocycles. The molecule has 0 unspecified atom stereocenters. The number of carbonyl (C=O) groups excluding carboxylic acids is 2. The molecule has 2 aromatic carbocycles. The second kappa shape index (κ2) is 8.50. The monoisotopic (exact) mass is 384 g/mol. The van der Waals surface area contributed by atoms with Crippen LogP contribution in [0, 0.1) is 5.82 Å². The summed E-state index contributed by atoms with van der Waals surface area (Å²) in [6, 6.07) is 12.7. The Morgan fingerprint density at radius 1 is 1.15 bits per heavy atom. The van der Waals surface area contributed by atoms with Gasteiger partial charge in [0.15, 0.2) is 5.16 Å². The summed E-state index contributed by atoms with van der Waals surface area (Å²) >= 11 is 1.26. The molecule has 0 radical (unpaired) electrons. The molecule has 0 fully saturated rings. The number of nitrogens with one attached hydrogen (secondary N) is 2. The lowest BCUT2D eigenvalue weighted by Crippen LogP contribution is -2.42. The van der Waals surface area contributed by atoms with Crippen molar-refractivity contribution in [2.45, 2.75) is 11.7 Å². The summed E-state index contributed by atoms with van der Waals surface area (Å²) in [6.45, 7) is 4.33. The van der Waals surface area contributed by atoms with Gasteiger partial charge in [0.2, 0.25) is 5.91 Å². The van der Waals surface area contributed by atoms with Crippen LogP contribution < -0.4 is 10.9 Å². The first-order chi connectivity index (χ1) is 13.1. The number of imidazole rings is 1. The summed E-state index contributed by atoms with van der Waals surface area (Å²) in [5.74, 6) is -1.27. The van der Waals surface area contributed by atoms with Gasteiger partial charge in [-0.25, -0.2) is 9.37 Å². The number of thioether (sulfide) groups is 1. The van der Waals surface area contributed by atoms with E-state index in [0.717, 1.165) is 11.0 Å². The Kier molecular flexibility index (Phi) is 5.87. The van der Waals surface area contributed by atoms with E-state index >= 15 is 0 Å². The molecule has 1 aromatic heterocycles.